The maximum Gasteiger partial charge on any atom is 0.269 e. The smallest absolute Gasteiger partial charge is 0.269 e. The number of aliphatic hydroxyl groups excluding tert-OH is 2. The van der Waals surface area contributed by atoms with Crippen LogP contribution in [-0.2, 0) is 47.9 Å². The van der Waals surface area contributed by atoms with Crippen LogP contribution in [0.3, 0.4) is 0 Å². The van der Waals surface area contributed by atoms with Gasteiger partial charge in [0.1, 0.15) is 17.5 Å². The summed E-state index contributed by atoms with van der Waals surface area (Å²) in [6, 6.07) is 0. The molecule has 0 radical (unpaired) electrons. The van der Waals surface area contributed by atoms with Crippen LogP contribution in [0.5, 0.6) is 0 Å². The van der Waals surface area contributed by atoms with E-state index in [0.29, 0.717) is 0 Å². The predicted octanol–water partition coefficient (Wildman–Crippen LogP) is -4.54. The minimum Gasteiger partial charge on any atom is -0.707 e. The van der Waals surface area contributed by atoms with Crippen molar-refractivity contribution < 1.29 is 65.2 Å². The second-order valence-corrected chi connectivity index (χ2v) is 10.1. The number of aliphatic hydroxyl groups is 2. The van der Waals surface area contributed by atoms with Gasteiger partial charge < -0.3 is 48.3 Å². The lowest BCUT2D eigenvalue weighted by molar-refractivity contribution is -0.635. The molecule has 2 unspecified atom stereocenters. The van der Waals surface area contributed by atoms with Crippen molar-refractivity contribution in [3.63, 3.8) is 0 Å². The van der Waals surface area contributed by atoms with Crippen molar-refractivity contribution in [2.24, 2.45) is 5.92 Å². The normalized spacial score (nSPS) is 42.0. The predicted molar refractivity (Wildman–Crippen MR) is 84.7 cm³/mol. The van der Waals surface area contributed by atoms with Gasteiger partial charge in [-0.25, -0.2) is 0 Å². The van der Waals surface area contributed by atoms with E-state index in [4.69, 9.17) is 18.9 Å². The van der Waals surface area contributed by atoms with Gasteiger partial charge in [-0.15, -0.1) is 0 Å². The zero-order valence-corrected chi connectivity index (χ0v) is 17.1. The van der Waals surface area contributed by atoms with E-state index in [-0.39, 0.29) is 6.61 Å². The van der Waals surface area contributed by atoms with Gasteiger partial charge in [0, 0.05) is 13.0 Å². The molecule has 0 aliphatic carbocycles. The summed E-state index contributed by atoms with van der Waals surface area (Å²) >= 11 is 0. The van der Waals surface area contributed by atoms with E-state index in [9.17, 15) is 37.6 Å². The highest BCUT2D eigenvalue weighted by Crippen LogP contribution is 2.34. The van der Waals surface area contributed by atoms with Crippen LogP contribution >= 0.6 is 0 Å². The molecule has 2 rings (SSSR count). The zero-order chi connectivity index (χ0) is 22.1. The van der Waals surface area contributed by atoms with Crippen LogP contribution in [-0.4, -0.2) is 88.3 Å². The Hall–Kier alpha value is -0.500. The van der Waals surface area contributed by atoms with Gasteiger partial charge in [0.25, 0.3) is 20.2 Å². The van der Waals surface area contributed by atoms with E-state index in [1.807, 2.05) is 0 Å². The number of hydrogen-bond acceptors (Lipinski definition) is 14. The fourth-order valence-electron chi connectivity index (χ4n) is 3.30. The molecular formula is C13H22O14S2-2. The molecule has 0 bridgehead atoms. The number of rotatable bonds is 7. The molecule has 29 heavy (non-hydrogen) atoms. The first-order chi connectivity index (χ1) is 13.4. The van der Waals surface area contributed by atoms with Crippen molar-refractivity contribution >= 4 is 20.2 Å². The first-order valence-corrected chi connectivity index (χ1v) is 11.3. The Labute approximate surface area is 166 Å². The Morgan fingerprint density at radius 2 is 1.48 bits per heavy atom. The molecule has 14 nitrogen and oxygen atoms in total. The zero-order valence-electron chi connectivity index (χ0n) is 15.5. The molecule has 2 heterocycles. The second kappa shape index (κ2) is 9.33. The van der Waals surface area contributed by atoms with Crippen molar-refractivity contribution in [1.29, 1.82) is 0 Å². The van der Waals surface area contributed by atoms with Crippen LogP contribution in [0.4, 0.5) is 0 Å². The minimum absolute atomic E-state index is 0.211. The summed E-state index contributed by atoms with van der Waals surface area (Å²) in [5.74, 6) is -0.738. The Morgan fingerprint density at radius 3 is 2.00 bits per heavy atom. The highest BCUT2D eigenvalue weighted by Gasteiger charge is 2.55. The quantitative estimate of drug-likeness (QED) is 0.267. The fraction of sp³-hybridized carbons (Fsp3) is 1.00. The van der Waals surface area contributed by atoms with Crippen LogP contribution in [0.1, 0.15) is 13.8 Å². The van der Waals surface area contributed by atoms with Crippen LogP contribution in [0.2, 0.25) is 0 Å². The van der Waals surface area contributed by atoms with E-state index < -0.39 is 73.6 Å². The van der Waals surface area contributed by atoms with Gasteiger partial charge in [-0.3, -0.25) is 0 Å². The van der Waals surface area contributed by atoms with Crippen molar-refractivity contribution in [3.05, 3.63) is 0 Å². The summed E-state index contributed by atoms with van der Waals surface area (Å²) in [5, 5.41) is 37.8. The monoisotopic (exact) mass is 466 g/mol. The lowest BCUT2D eigenvalue weighted by Gasteiger charge is -2.45. The molecule has 172 valence electrons. The highest BCUT2D eigenvalue weighted by atomic mass is 32.2. The molecule has 0 amide bonds. The average Bonchev–Trinajstić information content (AvgIpc) is 2.66. The van der Waals surface area contributed by atoms with Gasteiger partial charge in [-0.2, -0.15) is 16.8 Å². The highest BCUT2D eigenvalue weighted by molar-refractivity contribution is 7.87. The lowest BCUT2D eigenvalue weighted by Crippen LogP contribution is -2.64. The standard InChI is InChI=1S/C13H24O14S2/c1-5-4-23-13(11(7(5)14)29(20,21)27-17)25-9-6(2)24-12(22-3)8(15)10(9)28(18,19)26-16/h5-17H,4H2,1-3H3/p-2/t5-,6?,7-,8+,9+,10-,11+,12?,13+/m1/s1. The van der Waals surface area contributed by atoms with Crippen molar-refractivity contribution in [3.8, 4) is 0 Å². The van der Waals surface area contributed by atoms with Gasteiger partial charge in [0.2, 0.25) is 0 Å². The molecule has 0 aromatic carbocycles. The third kappa shape index (κ3) is 4.89. The number of hydrogen-bond donors (Lipinski definition) is 2. The molecule has 16 heteroatoms. The number of ether oxygens (including phenoxy) is 4. The summed E-state index contributed by atoms with van der Waals surface area (Å²) in [6.45, 7) is 2.52. The van der Waals surface area contributed by atoms with Crippen LogP contribution in [0, 0.1) is 5.92 Å². The average molecular weight is 466 g/mol. The molecular weight excluding hydrogens is 444 g/mol. The number of methoxy groups -OCH3 is 1. The van der Waals surface area contributed by atoms with Crippen LogP contribution in [0.25, 0.3) is 0 Å². The van der Waals surface area contributed by atoms with Gasteiger partial charge >= 0.3 is 0 Å². The van der Waals surface area contributed by atoms with Gasteiger partial charge in [0.05, 0.1) is 18.8 Å². The Morgan fingerprint density at radius 1 is 0.931 bits per heavy atom. The first kappa shape index (κ1) is 24.8. The largest absolute Gasteiger partial charge is 0.707 e. The van der Waals surface area contributed by atoms with Crippen molar-refractivity contribution in [2.75, 3.05) is 13.7 Å². The first-order valence-electron chi connectivity index (χ1n) is 8.33. The summed E-state index contributed by atoms with van der Waals surface area (Å²) < 4.78 is 75.4. The Kier molecular flexibility index (Phi) is 7.97. The lowest BCUT2D eigenvalue weighted by atomic mass is 9.99. The van der Waals surface area contributed by atoms with Crippen molar-refractivity contribution in [1.82, 2.24) is 0 Å². The maximum atomic E-state index is 12.1. The van der Waals surface area contributed by atoms with E-state index in [2.05, 4.69) is 8.67 Å². The Balaban J connectivity index is 2.41. The van der Waals surface area contributed by atoms with Crippen LogP contribution < -0.4 is 10.5 Å². The molecule has 2 aliphatic heterocycles. The third-order valence-electron chi connectivity index (χ3n) is 4.84. The van der Waals surface area contributed by atoms with Gasteiger partial charge in [-0.1, -0.05) is 6.92 Å². The molecule has 2 aliphatic rings. The SMILES string of the molecule is COC1OC(C)[C@H](O[C@@H]2OC[C@@H](C)[C@@H](O)[C@@H]2S(=O)(=O)O[O-])[C@H](S(=O)(=O)O[O-])[C@@H]1O. The van der Waals surface area contributed by atoms with E-state index >= 15 is 0 Å². The molecule has 0 aromatic heterocycles. The molecule has 2 N–H and O–H groups in total. The third-order valence-corrected chi connectivity index (χ3v) is 7.60. The van der Waals surface area contributed by atoms with E-state index in [0.717, 1.165) is 7.11 Å². The summed E-state index contributed by atoms with van der Waals surface area (Å²) in [7, 11) is -8.80. The summed E-state index contributed by atoms with van der Waals surface area (Å²) in [5.41, 5.74) is 0. The molecule has 0 aromatic rings. The maximum absolute atomic E-state index is 12.1. The molecule has 0 saturated carbocycles. The van der Waals surface area contributed by atoms with Gasteiger partial charge in [0.15, 0.2) is 17.8 Å². The molecule has 2 fully saturated rings. The molecule has 9 atom stereocenters. The minimum atomic E-state index is -4.98. The summed E-state index contributed by atoms with van der Waals surface area (Å²) in [4.78, 5) is 0. The molecule has 0 spiro atoms. The van der Waals surface area contributed by atoms with Gasteiger partial charge in [-0.05, 0) is 6.92 Å². The summed E-state index contributed by atoms with van der Waals surface area (Å²) in [6.07, 6.45) is -9.86. The fourth-order valence-corrected chi connectivity index (χ4v) is 5.59. The van der Waals surface area contributed by atoms with Crippen molar-refractivity contribution in [2.45, 2.75) is 61.3 Å². The van der Waals surface area contributed by atoms with E-state index in [1.165, 1.54) is 13.8 Å². The molecule has 2 saturated heterocycles. The Bertz CT molecular complexity index is 753. The van der Waals surface area contributed by atoms with Crippen LogP contribution in [0.15, 0.2) is 0 Å². The second-order valence-electron chi connectivity index (χ2n) is 6.76. The topological polar surface area (TPSA) is 210 Å². The van der Waals surface area contributed by atoms with E-state index in [1.54, 1.807) is 0 Å².